The highest BCUT2D eigenvalue weighted by Gasteiger charge is 2.07. The Morgan fingerprint density at radius 1 is 1.12 bits per heavy atom. The zero-order chi connectivity index (χ0) is 17.2. The van der Waals surface area contributed by atoms with Crippen molar-refractivity contribution in [2.45, 2.75) is 13.0 Å². The lowest BCUT2D eigenvalue weighted by Gasteiger charge is -1.98. The van der Waals surface area contributed by atoms with E-state index in [1.807, 2.05) is 42.5 Å². The number of H-pyrrole nitrogens is 1. The first-order valence-corrected chi connectivity index (χ1v) is 8.20. The molecule has 25 heavy (non-hydrogen) atoms. The molecule has 4 rings (SSSR count). The molecule has 0 amide bonds. The lowest BCUT2D eigenvalue weighted by atomic mass is 10.1. The van der Waals surface area contributed by atoms with Crippen LogP contribution in [0.2, 0.25) is 5.02 Å². The molecule has 0 bridgehead atoms. The SMILES string of the molecule is Nc1ccc2nc(NCc3coc(Cc4ccc(Cl)cc4)n3)[nH]c2c1. The molecule has 0 aliphatic carbocycles. The zero-order valence-corrected chi connectivity index (χ0v) is 14.0. The van der Waals surface area contributed by atoms with Gasteiger partial charge in [0.15, 0.2) is 5.89 Å². The van der Waals surface area contributed by atoms with Gasteiger partial charge in [0.25, 0.3) is 0 Å². The van der Waals surface area contributed by atoms with E-state index >= 15 is 0 Å². The van der Waals surface area contributed by atoms with Gasteiger partial charge in [-0.05, 0) is 35.9 Å². The van der Waals surface area contributed by atoms with Gasteiger partial charge in [-0.3, -0.25) is 0 Å². The van der Waals surface area contributed by atoms with Crippen LogP contribution in [0.5, 0.6) is 0 Å². The summed E-state index contributed by atoms with van der Waals surface area (Å²) in [5, 5.41) is 3.92. The van der Waals surface area contributed by atoms with Gasteiger partial charge in [-0.25, -0.2) is 9.97 Å². The zero-order valence-electron chi connectivity index (χ0n) is 13.3. The van der Waals surface area contributed by atoms with Gasteiger partial charge in [-0.1, -0.05) is 23.7 Å². The van der Waals surface area contributed by atoms with Crippen LogP contribution in [-0.2, 0) is 13.0 Å². The Balaban J connectivity index is 1.41. The Labute approximate surface area is 149 Å². The molecule has 4 N–H and O–H groups in total. The van der Waals surface area contributed by atoms with Gasteiger partial charge in [-0.15, -0.1) is 0 Å². The maximum atomic E-state index is 5.89. The first-order chi connectivity index (χ1) is 12.2. The number of nitrogens with one attached hydrogen (secondary N) is 2. The monoisotopic (exact) mass is 353 g/mol. The van der Waals surface area contributed by atoms with Gasteiger partial charge in [0.05, 0.1) is 23.3 Å². The number of anilines is 2. The van der Waals surface area contributed by atoms with Crippen LogP contribution in [-0.4, -0.2) is 15.0 Å². The predicted octanol–water partition coefficient (Wildman–Crippen LogP) is 3.99. The van der Waals surface area contributed by atoms with Gasteiger partial charge >= 0.3 is 0 Å². The second-order valence-electron chi connectivity index (χ2n) is 5.75. The molecule has 0 saturated heterocycles. The van der Waals surface area contributed by atoms with E-state index in [1.165, 1.54) is 0 Å². The topological polar surface area (TPSA) is 92.8 Å². The number of nitrogens with two attached hydrogens (primary N) is 1. The third kappa shape index (κ3) is 3.59. The standard InChI is InChI=1S/C18H16ClN5O/c19-12-3-1-11(2-4-12)7-17-22-14(10-25-17)9-21-18-23-15-6-5-13(20)8-16(15)24-18/h1-6,8,10H,7,9,20H2,(H2,21,23,24). The number of oxazole rings is 1. The Kier molecular flexibility index (Phi) is 4.03. The van der Waals surface area contributed by atoms with Gasteiger partial charge in [0.2, 0.25) is 5.95 Å². The van der Waals surface area contributed by atoms with Crippen molar-refractivity contribution < 1.29 is 4.42 Å². The summed E-state index contributed by atoms with van der Waals surface area (Å²) in [5.41, 5.74) is 10.1. The van der Waals surface area contributed by atoms with Crippen LogP contribution in [0.1, 0.15) is 17.1 Å². The number of hydrogen-bond donors (Lipinski definition) is 3. The average Bonchev–Trinajstić information content (AvgIpc) is 3.21. The van der Waals surface area contributed by atoms with Crippen LogP contribution in [0.25, 0.3) is 11.0 Å². The van der Waals surface area contributed by atoms with Crippen molar-refractivity contribution in [3.8, 4) is 0 Å². The van der Waals surface area contributed by atoms with E-state index in [1.54, 1.807) is 6.26 Å². The van der Waals surface area contributed by atoms with Crippen LogP contribution in [0.4, 0.5) is 11.6 Å². The van der Waals surface area contributed by atoms with Gasteiger partial charge in [-0.2, -0.15) is 0 Å². The molecule has 0 atom stereocenters. The van der Waals surface area contributed by atoms with E-state index in [0.717, 1.165) is 22.3 Å². The molecule has 2 heterocycles. The van der Waals surface area contributed by atoms with E-state index in [4.69, 9.17) is 21.8 Å². The number of aromatic amines is 1. The molecule has 0 spiro atoms. The summed E-state index contributed by atoms with van der Waals surface area (Å²) in [5.74, 6) is 1.33. The van der Waals surface area contributed by atoms with Crippen LogP contribution in [0.15, 0.2) is 53.1 Å². The first-order valence-electron chi connectivity index (χ1n) is 7.82. The van der Waals surface area contributed by atoms with Crippen LogP contribution >= 0.6 is 11.6 Å². The highest BCUT2D eigenvalue weighted by molar-refractivity contribution is 6.30. The molecule has 0 unspecified atom stereocenters. The molecular weight excluding hydrogens is 338 g/mol. The maximum absolute atomic E-state index is 5.89. The second kappa shape index (κ2) is 6.49. The molecule has 0 saturated carbocycles. The minimum absolute atomic E-state index is 0.513. The highest BCUT2D eigenvalue weighted by atomic mass is 35.5. The number of halogens is 1. The lowest BCUT2D eigenvalue weighted by Crippen LogP contribution is -2.01. The Bertz CT molecular complexity index is 1010. The molecule has 126 valence electrons. The minimum Gasteiger partial charge on any atom is -0.448 e. The molecule has 2 aromatic carbocycles. The summed E-state index contributed by atoms with van der Waals surface area (Å²) in [4.78, 5) is 12.1. The maximum Gasteiger partial charge on any atom is 0.201 e. The van der Waals surface area contributed by atoms with Crippen molar-refractivity contribution in [2.75, 3.05) is 11.1 Å². The van der Waals surface area contributed by atoms with E-state index in [0.29, 0.717) is 35.5 Å². The third-order valence-corrected chi connectivity index (χ3v) is 4.06. The summed E-state index contributed by atoms with van der Waals surface area (Å²) >= 11 is 5.89. The minimum atomic E-state index is 0.513. The van der Waals surface area contributed by atoms with Crippen molar-refractivity contribution in [3.63, 3.8) is 0 Å². The molecule has 0 radical (unpaired) electrons. The molecule has 0 aliphatic rings. The fraction of sp³-hybridized carbons (Fsp3) is 0.111. The Morgan fingerprint density at radius 2 is 1.96 bits per heavy atom. The highest BCUT2D eigenvalue weighted by Crippen LogP contribution is 2.18. The summed E-state index contributed by atoms with van der Waals surface area (Å²) in [6.07, 6.45) is 2.28. The number of benzene rings is 2. The van der Waals surface area contributed by atoms with E-state index < -0.39 is 0 Å². The smallest absolute Gasteiger partial charge is 0.201 e. The normalized spacial score (nSPS) is 11.1. The van der Waals surface area contributed by atoms with Crippen molar-refractivity contribution in [1.82, 2.24) is 15.0 Å². The number of aromatic nitrogens is 3. The molecule has 7 heteroatoms. The predicted molar refractivity (Wildman–Crippen MR) is 98.6 cm³/mol. The molecule has 0 aliphatic heterocycles. The quantitative estimate of drug-likeness (QED) is 0.472. The summed E-state index contributed by atoms with van der Waals surface area (Å²) in [6.45, 7) is 0.513. The molecule has 4 aromatic rings. The van der Waals surface area contributed by atoms with Crippen molar-refractivity contribution in [2.24, 2.45) is 0 Å². The van der Waals surface area contributed by atoms with E-state index in [-0.39, 0.29) is 0 Å². The number of rotatable bonds is 5. The Morgan fingerprint density at radius 3 is 2.80 bits per heavy atom. The van der Waals surface area contributed by atoms with Crippen molar-refractivity contribution in [1.29, 1.82) is 0 Å². The largest absolute Gasteiger partial charge is 0.448 e. The number of nitrogens with zero attached hydrogens (tertiary/aromatic N) is 2. The third-order valence-electron chi connectivity index (χ3n) is 3.81. The summed E-state index contributed by atoms with van der Waals surface area (Å²) < 4.78 is 5.53. The van der Waals surface area contributed by atoms with Gasteiger partial charge in [0, 0.05) is 17.1 Å². The van der Waals surface area contributed by atoms with E-state index in [2.05, 4.69) is 20.3 Å². The Hall–Kier alpha value is -2.99. The number of nitrogen functional groups attached to an aromatic ring is 1. The summed E-state index contributed by atoms with van der Waals surface area (Å²) in [6, 6.07) is 13.2. The van der Waals surface area contributed by atoms with Crippen LogP contribution in [0.3, 0.4) is 0 Å². The number of imidazole rings is 1. The van der Waals surface area contributed by atoms with Crippen molar-refractivity contribution >= 4 is 34.3 Å². The fourth-order valence-electron chi connectivity index (χ4n) is 2.57. The molecule has 2 aromatic heterocycles. The van der Waals surface area contributed by atoms with E-state index in [9.17, 15) is 0 Å². The number of fused-ring (bicyclic) bond motifs is 1. The second-order valence-corrected chi connectivity index (χ2v) is 6.19. The summed E-state index contributed by atoms with van der Waals surface area (Å²) in [7, 11) is 0. The molecule has 0 fully saturated rings. The first kappa shape index (κ1) is 15.5. The van der Waals surface area contributed by atoms with Crippen molar-refractivity contribution in [3.05, 3.63) is 70.9 Å². The number of hydrogen-bond acceptors (Lipinski definition) is 5. The van der Waals surface area contributed by atoms with Gasteiger partial charge in [0.1, 0.15) is 6.26 Å². The van der Waals surface area contributed by atoms with Crippen LogP contribution < -0.4 is 11.1 Å². The fourth-order valence-corrected chi connectivity index (χ4v) is 2.70. The average molecular weight is 354 g/mol. The van der Waals surface area contributed by atoms with Gasteiger partial charge < -0.3 is 20.5 Å². The molecule has 6 nitrogen and oxygen atoms in total. The molecular formula is C18H16ClN5O. The lowest BCUT2D eigenvalue weighted by molar-refractivity contribution is 0.506. The van der Waals surface area contributed by atoms with Crippen LogP contribution in [0, 0.1) is 0 Å².